The van der Waals surface area contributed by atoms with E-state index in [1.54, 1.807) is 18.2 Å². The van der Waals surface area contributed by atoms with Crippen LogP contribution in [0.2, 0.25) is 0 Å². The average molecular weight is 293 g/mol. The molecule has 3 rings (SSSR count). The molecule has 3 N–H and O–H groups in total. The SMILES string of the molecule is CS(=O)(=O)c1ccc2nc(-c3ccsc3N)[nH]c2c1. The maximum atomic E-state index is 11.5. The second-order valence-corrected chi connectivity index (χ2v) is 7.20. The van der Waals surface area contributed by atoms with Gasteiger partial charge in [-0.2, -0.15) is 0 Å². The monoisotopic (exact) mass is 293 g/mol. The fourth-order valence-electron chi connectivity index (χ4n) is 1.86. The van der Waals surface area contributed by atoms with Gasteiger partial charge in [-0.3, -0.25) is 0 Å². The number of H-pyrrole nitrogens is 1. The molecule has 0 spiro atoms. The lowest BCUT2D eigenvalue weighted by Gasteiger charge is -1.96. The molecule has 0 radical (unpaired) electrons. The van der Waals surface area contributed by atoms with Crippen molar-refractivity contribution in [3.8, 4) is 11.4 Å². The summed E-state index contributed by atoms with van der Waals surface area (Å²) in [5, 5.41) is 2.57. The van der Waals surface area contributed by atoms with Crippen LogP contribution in [0.4, 0.5) is 5.00 Å². The lowest BCUT2D eigenvalue weighted by atomic mass is 10.3. The van der Waals surface area contributed by atoms with Gasteiger partial charge in [-0.25, -0.2) is 13.4 Å². The summed E-state index contributed by atoms with van der Waals surface area (Å²) in [5.41, 5.74) is 8.09. The Labute approximate surface area is 114 Å². The zero-order chi connectivity index (χ0) is 13.6. The zero-order valence-electron chi connectivity index (χ0n) is 10.0. The number of benzene rings is 1. The second kappa shape index (κ2) is 4.07. The summed E-state index contributed by atoms with van der Waals surface area (Å²) in [5.74, 6) is 0.652. The Morgan fingerprint density at radius 2 is 2.11 bits per heavy atom. The Hall–Kier alpha value is -1.86. The lowest BCUT2D eigenvalue weighted by molar-refractivity contribution is 0.602. The largest absolute Gasteiger partial charge is 0.390 e. The van der Waals surface area contributed by atoms with Gasteiger partial charge in [-0.05, 0) is 29.6 Å². The number of nitrogen functional groups attached to an aromatic ring is 1. The van der Waals surface area contributed by atoms with Crippen molar-refractivity contribution in [3.63, 3.8) is 0 Å². The minimum atomic E-state index is -3.22. The van der Waals surface area contributed by atoms with Crippen LogP contribution in [0.5, 0.6) is 0 Å². The lowest BCUT2D eigenvalue weighted by Crippen LogP contribution is -1.96. The predicted molar refractivity (Wildman–Crippen MR) is 76.9 cm³/mol. The van der Waals surface area contributed by atoms with E-state index in [-0.39, 0.29) is 4.90 Å². The molecule has 7 heteroatoms. The van der Waals surface area contributed by atoms with Crippen molar-refractivity contribution in [1.29, 1.82) is 0 Å². The Kier molecular flexibility index (Phi) is 2.61. The molecule has 0 aliphatic rings. The first-order valence-corrected chi connectivity index (χ1v) is 8.25. The Balaban J connectivity index is 2.19. The molecule has 98 valence electrons. The van der Waals surface area contributed by atoms with Crippen molar-refractivity contribution in [1.82, 2.24) is 9.97 Å². The number of nitrogens with two attached hydrogens (primary N) is 1. The summed E-state index contributed by atoms with van der Waals surface area (Å²) in [6.45, 7) is 0. The number of thiophene rings is 1. The summed E-state index contributed by atoms with van der Waals surface area (Å²) in [6, 6.07) is 6.71. The van der Waals surface area contributed by atoms with E-state index >= 15 is 0 Å². The van der Waals surface area contributed by atoms with Crippen molar-refractivity contribution in [3.05, 3.63) is 29.6 Å². The summed E-state index contributed by atoms with van der Waals surface area (Å²) in [4.78, 5) is 7.79. The van der Waals surface area contributed by atoms with E-state index in [9.17, 15) is 8.42 Å². The van der Waals surface area contributed by atoms with Crippen molar-refractivity contribution >= 4 is 37.2 Å². The third-order valence-electron chi connectivity index (χ3n) is 2.83. The molecule has 0 bridgehead atoms. The first-order chi connectivity index (χ1) is 8.95. The topological polar surface area (TPSA) is 88.8 Å². The molecule has 2 heterocycles. The van der Waals surface area contributed by atoms with Gasteiger partial charge in [0, 0.05) is 6.26 Å². The molecule has 3 aromatic rings. The Morgan fingerprint density at radius 1 is 1.32 bits per heavy atom. The normalized spacial score (nSPS) is 12.1. The van der Waals surface area contributed by atoms with Crippen LogP contribution in [-0.4, -0.2) is 24.6 Å². The van der Waals surface area contributed by atoms with Gasteiger partial charge in [0.1, 0.15) is 5.82 Å². The standard InChI is InChI=1S/C12H11N3O2S2/c1-19(16,17)7-2-3-9-10(6-7)15-12(14-9)8-4-5-18-11(8)13/h2-6H,13H2,1H3,(H,14,15). The van der Waals surface area contributed by atoms with Gasteiger partial charge >= 0.3 is 0 Å². The van der Waals surface area contributed by atoms with Crippen LogP contribution >= 0.6 is 11.3 Å². The second-order valence-electron chi connectivity index (χ2n) is 4.24. The number of nitrogens with one attached hydrogen (secondary N) is 1. The van der Waals surface area contributed by atoms with Gasteiger partial charge in [0.2, 0.25) is 0 Å². The minimum Gasteiger partial charge on any atom is -0.390 e. The summed E-state index contributed by atoms with van der Waals surface area (Å²) < 4.78 is 23.0. The fourth-order valence-corrected chi connectivity index (χ4v) is 3.15. The van der Waals surface area contributed by atoms with E-state index < -0.39 is 9.84 Å². The van der Waals surface area contributed by atoms with E-state index in [0.717, 1.165) is 5.56 Å². The molecule has 0 unspecified atom stereocenters. The average Bonchev–Trinajstić information content (AvgIpc) is 2.91. The van der Waals surface area contributed by atoms with E-state index in [4.69, 9.17) is 5.73 Å². The third-order valence-corrected chi connectivity index (χ3v) is 4.69. The maximum Gasteiger partial charge on any atom is 0.175 e. The first-order valence-electron chi connectivity index (χ1n) is 5.48. The van der Waals surface area contributed by atoms with Crippen LogP contribution in [0.15, 0.2) is 34.5 Å². The van der Waals surface area contributed by atoms with Gasteiger partial charge < -0.3 is 10.7 Å². The first kappa shape index (κ1) is 12.2. The molecule has 0 aliphatic carbocycles. The molecule has 5 nitrogen and oxygen atoms in total. The number of hydrogen-bond donors (Lipinski definition) is 2. The maximum absolute atomic E-state index is 11.5. The molecular formula is C12H11N3O2S2. The van der Waals surface area contributed by atoms with Crippen molar-refractivity contribution in [2.45, 2.75) is 4.90 Å². The number of fused-ring (bicyclic) bond motifs is 1. The van der Waals surface area contributed by atoms with Crippen LogP contribution in [0.1, 0.15) is 0 Å². The van der Waals surface area contributed by atoms with Crippen LogP contribution < -0.4 is 5.73 Å². The number of nitrogens with zero attached hydrogens (tertiary/aromatic N) is 1. The molecule has 0 amide bonds. The summed E-state index contributed by atoms with van der Waals surface area (Å²) >= 11 is 1.44. The molecule has 19 heavy (non-hydrogen) atoms. The molecule has 2 aromatic heterocycles. The number of aromatic nitrogens is 2. The molecule has 1 aromatic carbocycles. The van der Waals surface area contributed by atoms with E-state index in [0.29, 0.717) is 21.9 Å². The Bertz CT molecular complexity index is 862. The predicted octanol–water partition coefficient (Wildman–Crippen LogP) is 2.28. The molecule has 0 saturated heterocycles. The molecule has 0 aliphatic heterocycles. The van der Waals surface area contributed by atoms with Crippen LogP contribution in [0.25, 0.3) is 22.4 Å². The quantitative estimate of drug-likeness (QED) is 0.758. The smallest absolute Gasteiger partial charge is 0.175 e. The number of hydrogen-bond acceptors (Lipinski definition) is 5. The third kappa shape index (κ3) is 2.11. The molecular weight excluding hydrogens is 282 g/mol. The van der Waals surface area contributed by atoms with Crippen molar-refractivity contribution in [2.24, 2.45) is 0 Å². The van der Waals surface area contributed by atoms with Gasteiger partial charge in [0.25, 0.3) is 0 Å². The van der Waals surface area contributed by atoms with Gasteiger partial charge in [-0.15, -0.1) is 11.3 Å². The summed E-state index contributed by atoms with van der Waals surface area (Å²) in [6.07, 6.45) is 1.18. The number of anilines is 1. The van der Waals surface area contributed by atoms with Crippen LogP contribution in [-0.2, 0) is 9.84 Å². The highest BCUT2D eigenvalue weighted by Gasteiger charge is 2.12. The van der Waals surface area contributed by atoms with E-state index in [2.05, 4.69) is 9.97 Å². The zero-order valence-corrected chi connectivity index (χ0v) is 11.7. The van der Waals surface area contributed by atoms with E-state index in [1.165, 1.54) is 17.6 Å². The molecule has 0 saturated carbocycles. The van der Waals surface area contributed by atoms with Crippen LogP contribution in [0, 0.1) is 0 Å². The minimum absolute atomic E-state index is 0.272. The number of sulfone groups is 1. The van der Waals surface area contributed by atoms with Crippen molar-refractivity contribution < 1.29 is 8.42 Å². The highest BCUT2D eigenvalue weighted by atomic mass is 32.2. The molecule has 0 fully saturated rings. The Morgan fingerprint density at radius 3 is 2.74 bits per heavy atom. The number of rotatable bonds is 2. The summed E-state index contributed by atoms with van der Waals surface area (Å²) in [7, 11) is -3.22. The van der Waals surface area contributed by atoms with Gasteiger partial charge in [0.05, 0.1) is 26.5 Å². The van der Waals surface area contributed by atoms with Crippen LogP contribution in [0.3, 0.4) is 0 Å². The van der Waals surface area contributed by atoms with Gasteiger partial charge in [0.15, 0.2) is 9.84 Å². The highest BCUT2D eigenvalue weighted by molar-refractivity contribution is 7.90. The number of aromatic amines is 1. The van der Waals surface area contributed by atoms with Crippen molar-refractivity contribution in [2.75, 3.05) is 12.0 Å². The number of imidazole rings is 1. The highest BCUT2D eigenvalue weighted by Crippen LogP contribution is 2.30. The fraction of sp³-hybridized carbons (Fsp3) is 0.0833. The van der Waals surface area contributed by atoms with Gasteiger partial charge in [-0.1, -0.05) is 0 Å². The molecule has 0 atom stereocenters. The van der Waals surface area contributed by atoms with E-state index in [1.807, 2.05) is 11.4 Å².